The summed E-state index contributed by atoms with van der Waals surface area (Å²) in [4.78, 5) is 43.7. The highest BCUT2D eigenvalue weighted by Crippen LogP contribution is 2.27. The number of anilines is 1. The summed E-state index contributed by atoms with van der Waals surface area (Å²) in [6, 6.07) is 14.1. The summed E-state index contributed by atoms with van der Waals surface area (Å²) < 4.78 is 5.46. The zero-order chi connectivity index (χ0) is 25.4. The van der Waals surface area contributed by atoms with Crippen LogP contribution in [0.1, 0.15) is 56.1 Å². The van der Waals surface area contributed by atoms with Crippen molar-refractivity contribution in [2.24, 2.45) is 4.99 Å². The van der Waals surface area contributed by atoms with E-state index < -0.39 is 5.25 Å². The van der Waals surface area contributed by atoms with Crippen LogP contribution in [-0.2, 0) is 9.59 Å². The lowest BCUT2D eigenvalue weighted by atomic mass is 10.1. The van der Waals surface area contributed by atoms with Gasteiger partial charge in [0.25, 0.3) is 11.8 Å². The Morgan fingerprint density at radius 1 is 1.11 bits per heavy atom. The highest BCUT2D eigenvalue weighted by Gasteiger charge is 2.32. The molecule has 2 atom stereocenters. The van der Waals surface area contributed by atoms with E-state index in [2.05, 4.69) is 15.6 Å². The van der Waals surface area contributed by atoms with E-state index in [4.69, 9.17) is 4.74 Å². The Labute approximate surface area is 210 Å². The second-order valence-corrected chi connectivity index (χ2v) is 9.21. The number of benzene rings is 2. The van der Waals surface area contributed by atoms with E-state index in [0.29, 0.717) is 23.0 Å². The third kappa shape index (κ3) is 7.08. The number of nitrogens with one attached hydrogen (secondary N) is 2. The van der Waals surface area contributed by atoms with Crippen LogP contribution in [0.2, 0.25) is 0 Å². The largest absolute Gasteiger partial charge is 0.494 e. The first kappa shape index (κ1) is 26.3. The Kier molecular flexibility index (Phi) is 9.31. The van der Waals surface area contributed by atoms with Crippen molar-refractivity contribution in [2.75, 3.05) is 25.0 Å². The summed E-state index contributed by atoms with van der Waals surface area (Å²) >= 11 is 1.32. The number of ether oxygens (including phenoxy) is 1. The zero-order valence-electron chi connectivity index (χ0n) is 20.5. The van der Waals surface area contributed by atoms with Crippen molar-refractivity contribution < 1.29 is 19.1 Å². The Morgan fingerprint density at radius 2 is 1.83 bits per heavy atom. The van der Waals surface area contributed by atoms with E-state index in [1.54, 1.807) is 24.3 Å². The third-order valence-electron chi connectivity index (χ3n) is 5.58. The van der Waals surface area contributed by atoms with Gasteiger partial charge in [-0.05, 0) is 63.6 Å². The minimum Gasteiger partial charge on any atom is -0.494 e. The van der Waals surface area contributed by atoms with Crippen LogP contribution in [0.3, 0.4) is 0 Å². The van der Waals surface area contributed by atoms with E-state index in [1.807, 2.05) is 56.9 Å². The number of rotatable bonds is 10. The highest BCUT2D eigenvalue weighted by atomic mass is 32.2. The molecule has 2 unspecified atom stereocenters. The van der Waals surface area contributed by atoms with Crippen molar-refractivity contribution in [1.82, 2.24) is 10.2 Å². The fraction of sp³-hybridized carbons (Fsp3) is 0.385. The third-order valence-corrected chi connectivity index (χ3v) is 6.79. The molecule has 9 heteroatoms. The molecule has 1 heterocycles. The molecule has 1 aliphatic rings. The maximum absolute atomic E-state index is 12.8. The molecule has 186 valence electrons. The van der Waals surface area contributed by atoms with Gasteiger partial charge in [-0.15, -0.1) is 0 Å². The SMILES string of the molecule is CCOc1ccc(C(C)NC(=O)c2cccc(NC(=O)CC3SC(N(CC)CC)=NC3=O)c2)cc1. The van der Waals surface area contributed by atoms with E-state index in [9.17, 15) is 14.4 Å². The fourth-order valence-electron chi connectivity index (χ4n) is 3.64. The van der Waals surface area contributed by atoms with Crippen LogP contribution in [-0.4, -0.2) is 52.7 Å². The van der Waals surface area contributed by atoms with Gasteiger partial charge in [-0.25, -0.2) is 0 Å². The number of amidine groups is 1. The van der Waals surface area contributed by atoms with E-state index in [-0.39, 0.29) is 30.2 Å². The predicted octanol–water partition coefficient (Wildman–Crippen LogP) is 4.24. The summed E-state index contributed by atoms with van der Waals surface area (Å²) in [7, 11) is 0. The Bertz CT molecular complexity index is 1080. The number of carbonyl (C=O) groups is 3. The highest BCUT2D eigenvalue weighted by molar-refractivity contribution is 8.15. The van der Waals surface area contributed by atoms with Gasteiger partial charge in [0.05, 0.1) is 12.6 Å². The molecule has 8 nitrogen and oxygen atoms in total. The van der Waals surface area contributed by atoms with E-state index in [1.165, 1.54) is 11.8 Å². The molecular weight excluding hydrogens is 464 g/mol. The number of thioether (sulfide) groups is 1. The molecule has 0 fully saturated rings. The van der Waals surface area contributed by atoms with E-state index in [0.717, 1.165) is 24.4 Å². The minimum absolute atomic E-state index is 0.0168. The monoisotopic (exact) mass is 496 g/mol. The van der Waals surface area contributed by atoms with Gasteiger partial charge in [0, 0.05) is 30.8 Å². The van der Waals surface area contributed by atoms with Gasteiger partial charge in [-0.1, -0.05) is 30.0 Å². The molecular formula is C26H32N4O4S. The van der Waals surface area contributed by atoms with Crippen molar-refractivity contribution in [3.05, 3.63) is 59.7 Å². The molecule has 1 aliphatic heterocycles. The standard InChI is InChI=1S/C26H32N4O4S/c1-5-30(6-2)26-29-25(33)22(35-26)16-23(31)28-20-10-8-9-19(15-20)24(32)27-17(4)18-11-13-21(14-12-18)34-7-3/h8-15,17,22H,5-7,16H2,1-4H3,(H,27,32)(H,28,31). The van der Waals surface area contributed by atoms with Gasteiger partial charge in [0.1, 0.15) is 11.0 Å². The number of amides is 3. The van der Waals surface area contributed by atoms with Crippen LogP contribution in [0.25, 0.3) is 0 Å². The molecule has 3 amide bonds. The molecule has 0 spiro atoms. The number of carbonyl (C=O) groups excluding carboxylic acids is 3. The second kappa shape index (κ2) is 12.4. The number of hydrogen-bond donors (Lipinski definition) is 2. The molecule has 2 aromatic rings. The molecule has 35 heavy (non-hydrogen) atoms. The maximum Gasteiger partial charge on any atom is 0.262 e. The van der Waals surface area contributed by atoms with Gasteiger partial charge in [0.15, 0.2) is 5.17 Å². The maximum atomic E-state index is 12.8. The van der Waals surface area contributed by atoms with Gasteiger partial charge in [-0.2, -0.15) is 4.99 Å². The number of hydrogen-bond acceptors (Lipinski definition) is 6. The van der Waals surface area contributed by atoms with Crippen LogP contribution < -0.4 is 15.4 Å². The normalized spacial score (nSPS) is 15.8. The smallest absolute Gasteiger partial charge is 0.262 e. The Morgan fingerprint density at radius 3 is 2.49 bits per heavy atom. The lowest BCUT2D eigenvalue weighted by Crippen LogP contribution is -2.28. The molecule has 0 bridgehead atoms. The van der Waals surface area contributed by atoms with Crippen molar-refractivity contribution in [1.29, 1.82) is 0 Å². The van der Waals surface area contributed by atoms with Crippen molar-refractivity contribution in [3.63, 3.8) is 0 Å². The van der Waals surface area contributed by atoms with Crippen molar-refractivity contribution in [2.45, 2.75) is 45.4 Å². The van der Waals surface area contributed by atoms with Gasteiger partial charge in [0.2, 0.25) is 5.91 Å². The van der Waals surface area contributed by atoms with Crippen molar-refractivity contribution >= 4 is 40.3 Å². The average Bonchev–Trinajstić information content (AvgIpc) is 3.20. The van der Waals surface area contributed by atoms with Crippen LogP contribution in [0.15, 0.2) is 53.5 Å². The lowest BCUT2D eigenvalue weighted by Gasteiger charge is -2.19. The Hall–Kier alpha value is -3.33. The summed E-state index contributed by atoms with van der Waals surface area (Å²) in [6.45, 7) is 9.93. The molecule has 0 aromatic heterocycles. The number of aliphatic imine (C=N–C) groups is 1. The molecule has 2 N–H and O–H groups in total. The second-order valence-electron chi connectivity index (χ2n) is 8.04. The minimum atomic E-state index is -0.535. The summed E-state index contributed by atoms with van der Waals surface area (Å²) in [5.74, 6) is -0.0522. The fourth-order valence-corrected chi connectivity index (χ4v) is 4.83. The van der Waals surface area contributed by atoms with Crippen molar-refractivity contribution in [3.8, 4) is 5.75 Å². The summed E-state index contributed by atoms with van der Waals surface area (Å²) in [6.07, 6.45) is 0.0168. The van der Waals surface area contributed by atoms with E-state index >= 15 is 0 Å². The van der Waals surface area contributed by atoms with Gasteiger partial charge in [-0.3, -0.25) is 14.4 Å². The first-order valence-corrected chi connectivity index (χ1v) is 12.7. The zero-order valence-corrected chi connectivity index (χ0v) is 21.4. The number of nitrogens with zero attached hydrogens (tertiary/aromatic N) is 2. The first-order chi connectivity index (χ1) is 16.8. The van der Waals surface area contributed by atoms with Crippen LogP contribution >= 0.6 is 11.8 Å². The van der Waals surface area contributed by atoms with Crippen LogP contribution in [0.5, 0.6) is 5.75 Å². The van der Waals surface area contributed by atoms with Crippen LogP contribution in [0, 0.1) is 0 Å². The summed E-state index contributed by atoms with van der Waals surface area (Å²) in [5, 5.41) is 5.90. The lowest BCUT2D eigenvalue weighted by molar-refractivity contribution is -0.121. The average molecular weight is 497 g/mol. The molecule has 0 saturated heterocycles. The topological polar surface area (TPSA) is 100 Å². The van der Waals surface area contributed by atoms with Gasteiger partial charge < -0.3 is 20.3 Å². The van der Waals surface area contributed by atoms with Gasteiger partial charge >= 0.3 is 0 Å². The predicted molar refractivity (Wildman–Crippen MR) is 140 cm³/mol. The molecule has 3 rings (SSSR count). The quantitative estimate of drug-likeness (QED) is 0.510. The molecule has 0 saturated carbocycles. The molecule has 0 aliphatic carbocycles. The summed E-state index contributed by atoms with van der Waals surface area (Å²) in [5.41, 5.74) is 1.88. The first-order valence-electron chi connectivity index (χ1n) is 11.8. The van der Waals surface area contributed by atoms with Crippen LogP contribution in [0.4, 0.5) is 5.69 Å². The molecule has 0 radical (unpaired) electrons. The Balaban J connectivity index is 1.56. The molecule has 2 aromatic carbocycles.